The minimum Gasteiger partial charge on any atom is -0.397 e. The first kappa shape index (κ1) is 13.4. The summed E-state index contributed by atoms with van der Waals surface area (Å²) in [5.74, 6) is 0. The van der Waals surface area contributed by atoms with Crippen LogP contribution in [-0.4, -0.2) is 28.2 Å². The molecule has 0 aliphatic carbocycles. The molecule has 0 aliphatic heterocycles. The van der Waals surface area contributed by atoms with Crippen LogP contribution in [0.1, 0.15) is 19.3 Å². The number of nitrogens with one attached hydrogen (secondary N) is 2. The van der Waals surface area contributed by atoms with Crippen molar-refractivity contribution in [3.05, 3.63) is 28.8 Å². The van der Waals surface area contributed by atoms with Crippen LogP contribution in [0.5, 0.6) is 0 Å². The summed E-state index contributed by atoms with van der Waals surface area (Å²) in [6.07, 6.45) is 4.12. The van der Waals surface area contributed by atoms with Gasteiger partial charge >= 0.3 is 0 Å². The minimum absolute atomic E-state index is 0.189. The van der Waals surface area contributed by atoms with Crippen molar-refractivity contribution in [1.82, 2.24) is 9.97 Å². The van der Waals surface area contributed by atoms with Crippen LogP contribution in [0, 0.1) is 0 Å². The lowest BCUT2D eigenvalue weighted by atomic mass is 10.2. The number of anilines is 2. The van der Waals surface area contributed by atoms with E-state index < -0.39 is 0 Å². The highest BCUT2D eigenvalue weighted by atomic mass is 16.2. The molecule has 2 rings (SSSR count). The third-order valence-corrected chi connectivity index (χ3v) is 2.96. The molecule has 0 unspecified atom stereocenters. The average Bonchev–Trinajstić information content (AvgIpc) is 2.40. The smallest absolute Gasteiger partial charge is 0.258 e. The Morgan fingerprint density at radius 1 is 1.32 bits per heavy atom. The van der Waals surface area contributed by atoms with Gasteiger partial charge in [0.05, 0.1) is 28.6 Å². The van der Waals surface area contributed by atoms with Gasteiger partial charge in [0.1, 0.15) is 0 Å². The molecule has 0 radical (unpaired) electrons. The number of aromatic amines is 1. The molecule has 0 bridgehead atoms. The lowest BCUT2D eigenvalue weighted by Gasteiger charge is -2.10. The third-order valence-electron chi connectivity index (χ3n) is 2.96. The Balaban J connectivity index is 2.11. The first-order valence-electron chi connectivity index (χ1n) is 6.34. The largest absolute Gasteiger partial charge is 0.397 e. The van der Waals surface area contributed by atoms with Crippen LogP contribution in [0.4, 0.5) is 11.4 Å². The predicted molar refractivity (Wildman–Crippen MR) is 76.2 cm³/mol. The van der Waals surface area contributed by atoms with Crippen LogP contribution in [-0.2, 0) is 0 Å². The molecule has 0 aliphatic rings. The van der Waals surface area contributed by atoms with Gasteiger partial charge in [-0.25, -0.2) is 4.98 Å². The second kappa shape index (κ2) is 6.19. The Morgan fingerprint density at radius 2 is 2.16 bits per heavy atom. The summed E-state index contributed by atoms with van der Waals surface area (Å²) in [6.45, 7) is 1.00. The molecule has 6 heteroatoms. The van der Waals surface area contributed by atoms with Crippen molar-refractivity contribution in [1.29, 1.82) is 0 Å². The van der Waals surface area contributed by atoms with Gasteiger partial charge in [0.15, 0.2) is 0 Å². The Morgan fingerprint density at radius 3 is 2.95 bits per heavy atom. The lowest BCUT2D eigenvalue weighted by molar-refractivity contribution is 0.283. The SMILES string of the molecule is Nc1cc2c(=O)[nH]cnc2cc1NCCCCCO. The van der Waals surface area contributed by atoms with Gasteiger partial charge in [-0.3, -0.25) is 4.79 Å². The summed E-state index contributed by atoms with van der Waals surface area (Å²) in [7, 11) is 0. The highest BCUT2D eigenvalue weighted by Gasteiger charge is 2.05. The molecule has 19 heavy (non-hydrogen) atoms. The summed E-state index contributed by atoms with van der Waals surface area (Å²) in [4.78, 5) is 18.2. The molecule has 0 saturated heterocycles. The molecule has 0 fully saturated rings. The number of H-pyrrole nitrogens is 1. The molecule has 0 atom stereocenters. The van der Waals surface area contributed by atoms with Gasteiger partial charge in [-0.05, 0) is 31.4 Å². The van der Waals surface area contributed by atoms with Crippen molar-refractivity contribution in [2.75, 3.05) is 24.2 Å². The van der Waals surface area contributed by atoms with Gasteiger partial charge in [-0.15, -0.1) is 0 Å². The number of hydrogen-bond donors (Lipinski definition) is 4. The number of benzene rings is 1. The summed E-state index contributed by atoms with van der Waals surface area (Å²) in [5, 5.41) is 12.4. The van der Waals surface area contributed by atoms with Crippen LogP contribution >= 0.6 is 0 Å². The van der Waals surface area contributed by atoms with E-state index in [9.17, 15) is 4.79 Å². The van der Waals surface area contributed by atoms with Crippen molar-refractivity contribution in [3.63, 3.8) is 0 Å². The van der Waals surface area contributed by atoms with E-state index in [4.69, 9.17) is 10.8 Å². The van der Waals surface area contributed by atoms with E-state index in [1.807, 2.05) is 0 Å². The van der Waals surface area contributed by atoms with E-state index in [2.05, 4.69) is 15.3 Å². The summed E-state index contributed by atoms with van der Waals surface area (Å²) < 4.78 is 0. The monoisotopic (exact) mass is 262 g/mol. The van der Waals surface area contributed by atoms with E-state index in [0.717, 1.165) is 31.5 Å². The molecule has 6 nitrogen and oxygen atoms in total. The van der Waals surface area contributed by atoms with Gasteiger partial charge in [-0.1, -0.05) is 0 Å². The molecule has 5 N–H and O–H groups in total. The molecular formula is C13H18N4O2. The number of nitrogen functional groups attached to an aromatic ring is 1. The highest BCUT2D eigenvalue weighted by molar-refractivity contribution is 5.88. The van der Waals surface area contributed by atoms with Crippen molar-refractivity contribution in [2.24, 2.45) is 0 Å². The molecule has 0 spiro atoms. The topological polar surface area (TPSA) is 104 Å². The molecule has 1 aromatic heterocycles. The van der Waals surface area contributed by atoms with Gasteiger partial charge in [0.2, 0.25) is 0 Å². The Hall–Kier alpha value is -2.08. The fraction of sp³-hybridized carbons (Fsp3) is 0.385. The normalized spacial score (nSPS) is 10.8. The summed E-state index contributed by atoms with van der Waals surface area (Å²) in [6, 6.07) is 3.42. The molecule has 102 valence electrons. The van der Waals surface area contributed by atoms with Crippen molar-refractivity contribution in [3.8, 4) is 0 Å². The second-order valence-corrected chi connectivity index (χ2v) is 4.40. The van der Waals surface area contributed by atoms with E-state index in [0.29, 0.717) is 16.6 Å². The summed E-state index contributed by atoms with van der Waals surface area (Å²) >= 11 is 0. The maximum Gasteiger partial charge on any atom is 0.258 e. The number of nitrogens with two attached hydrogens (primary N) is 1. The first-order valence-corrected chi connectivity index (χ1v) is 6.34. The van der Waals surface area contributed by atoms with Crippen molar-refractivity contribution in [2.45, 2.75) is 19.3 Å². The van der Waals surface area contributed by atoms with Crippen LogP contribution in [0.15, 0.2) is 23.3 Å². The third kappa shape index (κ3) is 3.23. The number of aliphatic hydroxyl groups is 1. The van der Waals surface area contributed by atoms with Crippen LogP contribution < -0.4 is 16.6 Å². The minimum atomic E-state index is -0.189. The first-order chi connectivity index (χ1) is 9.22. The number of nitrogens with zero attached hydrogens (tertiary/aromatic N) is 1. The number of aliphatic hydroxyl groups excluding tert-OH is 1. The number of hydrogen-bond acceptors (Lipinski definition) is 5. The van der Waals surface area contributed by atoms with Crippen LogP contribution in [0.3, 0.4) is 0 Å². The second-order valence-electron chi connectivity index (χ2n) is 4.40. The summed E-state index contributed by atoms with van der Waals surface area (Å²) in [5.41, 5.74) is 7.67. The molecule has 2 aromatic rings. The lowest BCUT2D eigenvalue weighted by Crippen LogP contribution is -2.09. The van der Waals surface area contributed by atoms with Crippen molar-refractivity contribution < 1.29 is 5.11 Å². The molecule has 1 heterocycles. The maximum absolute atomic E-state index is 11.6. The number of unbranched alkanes of at least 4 members (excludes halogenated alkanes) is 2. The van der Waals surface area contributed by atoms with Crippen LogP contribution in [0.2, 0.25) is 0 Å². The zero-order valence-corrected chi connectivity index (χ0v) is 10.6. The molecule has 0 saturated carbocycles. The zero-order chi connectivity index (χ0) is 13.7. The molecule has 0 amide bonds. The molecule has 1 aromatic carbocycles. The predicted octanol–water partition coefficient (Wildman–Crippen LogP) is 1.08. The Bertz CT molecular complexity index is 609. The van der Waals surface area contributed by atoms with E-state index in [1.165, 1.54) is 6.33 Å². The Kier molecular flexibility index (Phi) is 4.35. The quantitative estimate of drug-likeness (QED) is 0.460. The standard InChI is InChI=1S/C13H18N4O2/c14-10-6-9-11(16-8-17-13(9)19)7-12(10)15-4-2-1-3-5-18/h6-8,15,18H,1-5,14H2,(H,16,17,19). The van der Waals surface area contributed by atoms with E-state index in [-0.39, 0.29) is 12.2 Å². The maximum atomic E-state index is 11.6. The number of aromatic nitrogens is 2. The van der Waals surface area contributed by atoms with Gasteiger partial charge in [0, 0.05) is 13.2 Å². The van der Waals surface area contributed by atoms with Gasteiger partial charge in [-0.2, -0.15) is 0 Å². The average molecular weight is 262 g/mol. The van der Waals surface area contributed by atoms with Gasteiger partial charge in [0.25, 0.3) is 5.56 Å². The van der Waals surface area contributed by atoms with Crippen LogP contribution in [0.25, 0.3) is 10.9 Å². The van der Waals surface area contributed by atoms with Gasteiger partial charge < -0.3 is 21.1 Å². The number of fused-ring (bicyclic) bond motifs is 1. The zero-order valence-electron chi connectivity index (χ0n) is 10.6. The van der Waals surface area contributed by atoms with E-state index in [1.54, 1.807) is 12.1 Å². The fourth-order valence-corrected chi connectivity index (χ4v) is 1.92. The fourth-order valence-electron chi connectivity index (χ4n) is 1.92. The Labute approximate surface area is 110 Å². The molecular weight excluding hydrogens is 244 g/mol. The van der Waals surface area contributed by atoms with E-state index >= 15 is 0 Å². The highest BCUT2D eigenvalue weighted by Crippen LogP contribution is 2.22. The van der Waals surface area contributed by atoms with Crippen molar-refractivity contribution >= 4 is 22.3 Å². The number of rotatable bonds is 6.